The Hall–Kier alpha value is -2.37. The first kappa shape index (κ1) is 18.4. The molecule has 3 rings (SSSR count). The maximum atomic E-state index is 12.8. The number of aliphatic hydroxyl groups excluding tert-OH is 1. The highest BCUT2D eigenvalue weighted by Gasteiger charge is 2.33. The zero-order chi connectivity index (χ0) is 18.7. The smallest absolute Gasteiger partial charge is 0.254 e. The van der Waals surface area contributed by atoms with E-state index < -0.39 is 0 Å². The van der Waals surface area contributed by atoms with Crippen LogP contribution in [0.3, 0.4) is 0 Å². The quantitative estimate of drug-likeness (QED) is 0.835. The summed E-state index contributed by atoms with van der Waals surface area (Å²) in [5.74, 6) is -0.125. The molecule has 26 heavy (non-hydrogen) atoms. The molecule has 0 aromatic heterocycles. The summed E-state index contributed by atoms with van der Waals surface area (Å²) >= 11 is 6.20. The lowest BCUT2D eigenvalue weighted by atomic mass is 9.99. The molecule has 2 aromatic carbocycles. The lowest BCUT2D eigenvalue weighted by Crippen LogP contribution is -2.37. The summed E-state index contributed by atoms with van der Waals surface area (Å²) in [7, 11) is 1.47. The Bertz CT molecular complexity index is 833. The van der Waals surface area contributed by atoms with Crippen molar-refractivity contribution in [2.24, 2.45) is 5.16 Å². The van der Waals surface area contributed by atoms with E-state index in [0.717, 1.165) is 27.4 Å². The minimum absolute atomic E-state index is 0.103. The summed E-state index contributed by atoms with van der Waals surface area (Å²) in [6, 6.07) is 13.0. The van der Waals surface area contributed by atoms with Crippen LogP contribution in [0.1, 0.15) is 22.3 Å². The van der Waals surface area contributed by atoms with Crippen molar-refractivity contribution in [3.8, 4) is 11.1 Å². The number of carbonyl (C=O) groups excluding carboxylic acids is 1. The molecule has 1 N–H and O–H groups in total. The molecule has 136 valence electrons. The van der Waals surface area contributed by atoms with Crippen molar-refractivity contribution in [2.75, 3.05) is 20.3 Å². The molecule has 0 radical (unpaired) electrons. The molecule has 1 amide bonds. The van der Waals surface area contributed by atoms with Crippen LogP contribution < -0.4 is 0 Å². The molecule has 1 fully saturated rings. The zero-order valence-corrected chi connectivity index (χ0v) is 15.5. The van der Waals surface area contributed by atoms with Crippen molar-refractivity contribution in [3.05, 3.63) is 58.6 Å². The van der Waals surface area contributed by atoms with Crippen LogP contribution in [-0.2, 0) is 4.84 Å². The van der Waals surface area contributed by atoms with E-state index in [-0.39, 0.29) is 18.6 Å². The van der Waals surface area contributed by atoms with E-state index in [1.165, 1.54) is 7.11 Å². The van der Waals surface area contributed by atoms with Gasteiger partial charge in [0, 0.05) is 17.0 Å². The Balaban J connectivity index is 1.83. The van der Waals surface area contributed by atoms with Crippen LogP contribution in [0.2, 0.25) is 5.02 Å². The van der Waals surface area contributed by atoms with Crippen molar-refractivity contribution in [3.63, 3.8) is 0 Å². The number of nitrogens with zero attached hydrogens (tertiary/aromatic N) is 2. The van der Waals surface area contributed by atoms with Gasteiger partial charge in [-0.2, -0.15) is 0 Å². The second-order valence-corrected chi connectivity index (χ2v) is 6.71. The second-order valence-electron chi connectivity index (χ2n) is 6.30. The van der Waals surface area contributed by atoms with Gasteiger partial charge in [0.25, 0.3) is 5.91 Å². The van der Waals surface area contributed by atoms with Crippen LogP contribution >= 0.6 is 11.6 Å². The van der Waals surface area contributed by atoms with Gasteiger partial charge in [0.2, 0.25) is 0 Å². The van der Waals surface area contributed by atoms with Gasteiger partial charge in [-0.3, -0.25) is 4.79 Å². The van der Waals surface area contributed by atoms with Crippen LogP contribution in [0, 0.1) is 6.92 Å². The van der Waals surface area contributed by atoms with Crippen molar-refractivity contribution in [1.82, 2.24) is 4.90 Å². The van der Waals surface area contributed by atoms with Crippen LogP contribution in [0.25, 0.3) is 11.1 Å². The highest BCUT2D eigenvalue weighted by molar-refractivity contribution is 6.31. The largest absolute Gasteiger partial charge is 0.399 e. The lowest BCUT2D eigenvalue weighted by molar-refractivity contribution is 0.0680. The topological polar surface area (TPSA) is 62.1 Å². The third-order valence-corrected chi connectivity index (χ3v) is 5.08. The standard InChI is InChI=1S/C20H21ClN2O3/c1-13-18(4-3-5-19(13)21)14-6-8-15(9-7-14)20(25)23-11-16(22-26-2)10-17(23)12-24/h3-9,17,24H,10-12H2,1-2H3/b22-16+/t17-/m0/s1. The van der Waals surface area contributed by atoms with Crippen molar-refractivity contribution in [2.45, 2.75) is 19.4 Å². The van der Waals surface area contributed by atoms with E-state index in [2.05, 4.69) is 5.16 Å². The number of rotatable bonds is 4. The maximum absolute atomic E-state index is 12.8. The Morgan fingerprint density at radius 2 is 2.04 bits per heavy atom. The predicted octanol–water partition coefficient (Wildman–Crippen LogP) is 3.52. The van der Waals surface area contributed by atoms with Gasteiger partial charge >= 0.3 is 0 Å². The molecule has 5 nitrogen and oxygen atoms in total. The summed E-state index contributed by atoms with van der Waals surface area (Å²) < 4.78 is 0. The number of carbonyl (C=O) groups is 1. The maximum Gasteiger partial charge on any atom is 0.254 e. The average Bonchev–Trinajstić information content (AvgIpc) is 3.07. The molecule has 1 aliphatic rings. The Morgan fingerprint density at radius 1 is 1.31 bits per heavy atom. The van der Waals surface area contributed by atoms with Crippen LogP contribution in [-0.4, -0.2) is 47.9 Å². The molecule has 0 bridgehead atoms. The first-order valence-corrected chi connectivity index (χ1v) is 8.79. The first-order valence-electron chi connectivity index (χ1n) is 8.41. The van der Waals surface area contributed by atoms with Gasteiger partial charge in [0.05, 0.1) is 24.9 Å². The van der Waals surface area contributed by atoms with Gasteiger partial charge in [-0.05, 0) is 41.8 Å². The number of halogens is 1. The van der Waals surface area contributed by atoms with Gasteiger partial charge in [-0.1, -0.05) is 41.0 Å². The van der Waals surface area contributed by atoms with Crippen LogP contribution in [0.5, 0.6) is 0 Å². The van der Waals surface area contributed by atoms with E-state index in [9.17, 15) is 9.90 Å². The number of hydrogen-bond acceptors (Lipinski definition) is 4. The number of likely N-dealkylation sites (tertiary alicyclic amines) is 1. The molecule has 6 heteroatoms. The zero-order valence-electron chi connectivity index (χ0n) is 14.8. The number of aliphatic hydroxyl groups is 1. The van der Waals surface area contributed by atoms with Gasteiger partial charge in [0.15, 0.2) is 0 Å². The average molecular weight is 373 g/mol. The van der Waals surface area contributed by atoms with Gasteiger partial charge < -0.3 is 14.8 Å². The summed E-state index contributed by atoms with van der Waals surface area (Å²) in [6.07, 6.45) is 0.524. The van der Waals surface area contributed by atoms with E-state index in [1.54, 1.807) is 17.0 Å². The number of amides is 1. The third-order valence-electron chi connectivity index (χ3n) is 4.67. The minimum atomic E-state index is -0.272. The minimum Gasteiger partial charge on any atom is -0.399 e. The number of benzene rings is 2. The monoisotopic (exact) mass is 372 g/mol. The fraction of sp³-hybridized carbons (Fsp3) is 0.300. The highest BCUT2D eigenvalue weighted by atomic mass is 35.5. The van der Waals surface area contributed by atoms with Crippen molar-refractivity contribution < 1.29 is 14.7 Å². The van der Waals surface area contributed by atoms with Gasteiger partial charge in [-0.25, -0.2) is 0 Å². The molecule has 0 unspecified atom stereocenters. The molecule has 1 atom stereocenters. The molecule has 0 saturated carbocycles. The normalized spacial score (nSPS) is 18.4. The van der Waals surface area contributed by atoms with Crippen molar-refractivity contribution in [1.29, 1.82) is 0 Å². The molecular weight excluding hydrogens is 352 g/mol. The number of hydrogen-bond donors (Lipinski definition) is 1. The molecule has 2 aromatic rings. The third kappa shape index (κ3) is 3.59. The highest BCUT2D eigenvalue weighted by Crippen LogP contribution is 2.29. The summed E-state index contributed by atoms with van der Waals surface area (Å²) in [4.78, 5) is 19.3. The lowest BCUT2D eigenvalue weighted by Gasteiger charge is -2.22. The molecule has 1 saturated heterocycles. The van der Waals surface area contributed by atoms with Crippen LogP contribution in [0.15, 0.2) is 47.6 Å². The molecular formula is C20H21ClN2O3. The number of oxime groups is 1. The Kier molecular flexibility index (Phi) is 5.59. The van der Waals surface area contributed by atoms with Gasteiger partial charge in [-0.15, -0.1) is 0 Å². The van der Waals surface area contributed by atoms with Crippen molar-refractivity contribution >= 4 is 23.2 Å². The summed E-state index contributed by atoms with van der Waals surface area (Å²) in [6.45, 7) is 2.24. The molecule has 1 aliphatic heterocycles. The van der Waals surface area contributed by atoms with E-state index in [0.29, 0.717) is 18.5 Å². The Morgan fingerprint density at radius 3 is 2.69 bits per heavy atom. The first-order chi connectivity index (χ1) is 12.5. The second kappa shape index (κ2) is 7.89. The summed E-state index contributed by atoms with van der Waals surface area (Å²) in [5.41, 5.74) is 4.38. The predicted molar refractivity (Wildman–Crippen MR) is 103 cm³/mol. The van der Waals surface area contributed by atoms with Crippen LogP contribution in [0.4, 0.5) is 0 Å². The van der Waals surface area contributed by atoms with E-state index in [4.69, 9.17) is 16.4 Å². The van der Waals surface area contributed by atoms with E-state index in [1.807, 2.05) is 37.3 Å². The molecule has 0 aliphatic carbocycles. The molecule has 1 heterocycles. The SMILES string of the molecule is CO/N=C1\C[C@@H](CO)N(C(=O)c2ccc(-c3cccc(Cl)c3C)cc2)C1. The summed E-state index contributed by atoms with van der Waals surface area (Å²) in [5, 5.41) is 14.2. The Labute approximate surface area is 157 Å². The fourth-order valence-corrected chi connectivity index (χ4v) is 3.42. The molecule has 0 spiro atoms. The fourth-order valence-electron chi connectivity index (χ4n) is 3.25. The van der Waals surface area contributed by atoms with Gasteiger partial charge in [0.1, 0.15) is 7.11 Å². The van der Waals surface area contributed by atoms with E-state index >= 15 is 0 Å².